The van der Waals surface area contributed by atoms with Crippen molar-refractivity contribution in [3.05, 3.63) is 106 Å². The number of likely N-dealkylation sites (tertiary alicyclic amines) is 1. The zero-order chi connectivity index (χ0) is 27.2. The predicted octanol–water partition coefficient (Wildman–Crippen LogP) is 5.58. The van der Waals surface area contributed by atoms with Crippen molar-refractivity contribution >= 4 is 23.4 Å². The van der Waals surface area contributed by atoms with Gasteiger partial charge in [-0.25, -0.2) is 4.79 Å². The van der Waals surface area contributed by atoms with E-state index in [-0.39, 0.29) is 17.9 Å². The van der Waals surface area contributed by atoms with Crippen molar-refractivity contribution in [1.29, 1.82) is 0 Å². The number of carbonyl (C=O) groups excluding carboxylic acids is 3. The number of nitrogens with zero attached hydrogens (tertiary/aromatic N) is 1. The number of rotatable bonds is 9. The van der Waals surface area contributed by atoms with Gasteiger partial charge in [-0.2, -0.15) is 0 Å². The number of esters is 1. The van der Waals surface area contributed by atoms with Crippen LogP contribution in [-0.2, 0) is 20.9 Å². The molecule has 1 amide bonds. The summed E-state index contributed by atoms with van der Waals surface area (Å²) in [5.41, 5.74) is 3.23. The van der Waals surface area contributed by atoms with Crippen LogP contribution in [0.25, 0.3) is 5.76 Å². The Kier molecular flexibility index (Phi) is 8.26. The van der Waals surface area contributed by atoms with E-state index in [1.807, 2.05) is 45.0 Å². The summed E-state index contributed by atoms with van der Waals surface area (Å²) in [6, 6.07) is 20.3. The Labute approximate surface area is 222 Å². The zero-order valence-corrected chi connectivity index (χ0v) is 21.8. The van der Waals surface area contributed by atoms with Crippen LogP contribution in [-0.4, -0.2) is 40.9 Å². The summed E-state index contributed by atoms with van der Waals surface area (Å²) in [4.78, 5) is 40.3. The summed E-state index contributed by atoms with van der Waals surface area (Å²) in [6.07, 6.45) is 0.730. The predicted molar refractivity (Wildman–Crippen MR) is 144 cm³/mol. The molecule has 1 fully saturated rings. The van der Waals surface area contributed by atoms with E-state index in [2.05, 4.69) is 0 Å². The second-order valence-electron chi connectivity index (χ2n) is 9.13. The third-order valence-electron chi connectivity index (χ3n) is 6.30. The molecule has 38 heavy (non-hydrogen) atoms. The smallest absolute Gasteiger partial charge is 0.338 e. The van der Waals surface area contributed by atoms with Crippen LogP contribution < -0.4 is 4.74 Å². The maximum atomic E-state index is 13.3. The third kappa shape index (κ3) is 5.62. The van der Waals surface area contributed by atoms with Gasteiger partial charge in [0.2, 0.25) is 0 Å². The van der Waals surface area contributed by atoms with Crippen molar-refractivity contribution in [2.75, 3.05) is 13.2 Å². The number of carbonyl (C=O) groups is 3. The summed E-state index contributed by atoms with van der Waals surface area (Å²) in [6.45, 7) is 6.62. The van der Waals surface area contributed by atoms with E-state index in [1.54, 1.807) is 48.5 Å². The molecule has 0 radical (unpaired) electrons. The van der Waals surface area contributed by atoms with E-state index in [0.717, 1.165) is 17.5 Å². The number of hydrogen-bond acceptors (Lipinski definition) is 6. The molecule has 1 atom stereocenters. The lowest BCUT2D eigenvalue weighted by molar-refractivity contribution is -0.140. The maximum absolute atomic E-state index is 13.3. The lowest BCUT2D eigenvalue weighted by Gasteiger charge is -2.26. The summed E-state index contributed by atoms with van der Waals surface area (Å²) in [5.74, 6) is -1.57. The molecule has 196 valence electrons. The molecule has 1 unspecified atom stereocenters. The molecular formula is C31H31NO6. The minimum atomic E-state index is -0.792. The van der Waals surface area contributed by atoms with Crippen molar-refractivity contribution in [2.45, 2.75) is 39.8 Å². The highest BCUT2D eigenvalue weighted by molar-refractivity contribution is 6.46. The average Bonchev–Trinajstić information content (AvgIpc) is 3.17. The van der Waals surface area contributed by atoms with Crippen molar-refractivity contribution in [2.24, 2.45) is 0 Å². The van der Waals surface area contributed by atoms with Gasteiger partial charge in [-0.1, -0.05) is 61.0 Å². The minimum Gasteiger partial charge on any atom is -0.507 e. The van der Waals surface area contributed by atoms with E-state index in [4.69, 9.17) is 9.47 Å². The number of Topliss-reactive ketones (excluding diaryl/α,β-unsaturated/α-hetero) is 1. The number of ether oxygens (including phenoxy) is 2. The van der Waals surface area contributed by atoms with Crippen molar-refractivity contribution in [3.8, 4) is 5.75 Å². The Hall–Kier alpha value is -4.39. The van der Waals surface area contributed by atoms with Gasteiger partial charge < -0.3 is 19.5 Å². The summed E-state index contributed by atoms with van der Waals surface area (Å²) in [7, 11) is 0. The molecule has 7 nitrogen and oxygen atoms in total. The normalized spacial score (nSPS) is 16.5. The quantitative estimate of drug-likeness (QED) is 0.174. The lowest BCUT2D eigenvalue weighted by Crippen LogP contribution is -2.29. The minimum absolute atomic E-state index is 0.0222. The largest absolute Gasteiger partial charge is 0.507 e. The Bertz CT molecular complexity index is 1380. The van der Waals surface area contributed by atoms with Gasteiger partial charge in [0.1, 0.15) is 11.5 Å². The van der Waals surface area contributed by atoms with Crippen LogP contribution in [0.4, 0.5) is 0 Å². The van der Waals surface area contributed by atoms with E-state index in [9.17, 15) is 19.5 Å². The number of benzene rings is 3. The number of aliphatic hydroxyl groups excluding tert-OH is 1. The molecule has 0 bridgehead atoms. The molecule has 1 heterocycles. The van der Waals surface area contributed by atoms with Gasteiger partial charge in [0.15, 0.2) is 0 Å². The summed E-state index contributed by atoms with van der Waals surface area (Å²) >= 11 is 0. The molecule has 3 aromatic rings. The fourth-order valence-corrected chi connectivity index (χ4v) is 4.51. The van der Waals surface area contributed by atoms with Crippen LogP contribution in [0.2, 0.25) is 0 Å². The average molecular weight is 514 g/mol. The van der Waals surface area contributed by atoms with Crippen LogP contribution in [0, 0.1) is 6.92 Å². The highest BCUT2D eigenvalue weighted by Gasteiger charge is 2.46. The standard InChI is InChI=1S/C31H31NO6/c1-4-16-38-31(36)22-14-12-21(13-15-22)19-32-27(23-9-6-8-20(3)17-23)26(29(34)30(32)35)28(33)24-10-7-11-25(18-24)37-5-2/h6-15,17-18,27,33H,4-5,16,19H2,1-3H3/b28-26+. The number of hydrogen-bond donors (Lipinski definition) is 1. The van der Waals surface area contributed by atoms with Crippen molar-refractivity contribution in [1.82, 2.24) is 4.90 Å². The fraction of sp³-hybridized carbons (Fsp3) is 0.258. The molecule has 0 aliphatic carbocycles. The zero-order valence-electron chi connectivity index (χ0n) is 21.8. The molecule has 0 saturated carbocycles. The first-order valence-corrected chi connectivity index (χ1v) is 12.7. The topological polar surface area (TPSA) is 93.1 Å². The van der Waals surface area contributed by atoms with Crippen LogP contribution >= 0.6 is 0 Å². The highest BCUT2D eigenvalue weighted by Crippen LogP contribution is 2.40. The van der Waals surface area contributed by atoms with E-state index < -0.39 is 23.7 Å². The SMILES string of the molecule is CCCOC(=O)c1ccc(CN2C(=O)C(=O)/C(=C(/O)c3cccc(OCC)c3)C2c2cccc(C)c2)cc1. The lowest BCUT2D eigenvalue weighted by atomic mass is 9.94. The monoisotopic (exact) mass is 513 g/mol. The number of aliphatic hydroxyl groups is 1. The Morgan fingerprint density at radius 3 is 2.37 bits per heavy atom. The summed E-state index contributed by atoms with van der Waals surface area (Å²) in [5, 5.41) is 11.3. The van der Waals surface area contributed by atoms with Gasteiger partial charge in [0.05, 0.1) is 30.4 Å². The molecule has 7 heteroatoms. The van der Waals surface area contributed by atoms with Crippen LogP contribution in [0.5, 0.6) is 5.75 Å². The first-order chi connectivity index (χ1) is 18.3. The first-order valence-electron chi connectivity index (χ1n) is 12.7. The molecule has 3 aromatic carbocycles. The highest BCUT2D eigenvalue weighted by atomic mass is 16.5. The molecule has 1 aliphatic rings. The van der Waals surface area contributed by atoms with Crippen LogP contribution in [0.1, 0.15) is 58.9 Å². The Balaban J connectivity index is 1.74. The molecule has 1 saturated heterocycles. The van der Waals surface area contributed by atoms with E-state index >= 15 is 0 Å². The van der Waals surface area contributed by atoms with Crippen molar-refractivity contribution < 1.29 is 29.0 Å². The van der Waals surface area contributed by atoms with E-state index in [1.165, 1.54) is 4.90 Å². The van der Waals surface area contributed by atoms with Gasteiger partial charge in [-0.15, -0.1) is 0 Å². The third-order valence-corrected chi connectivity index (χ3v) is 6.30. The van der Waals surface area contributed by atoms with E-state index in [0.29, 0.717) is 35.7 Å². The van der Waals surface area contributed by atoms with Crippen molar-refractivity contribution in [3.63, 3.8) is 0 Å². The molecular weight excluding hydrogens is 482 g/mol. The van der Waals surface area contributed by atoms with Gasteiger partial charge in [0, 0.05) is 12.1 Å². The molecule has 1 aliphatic heterocycles. The Morgan fingerprint density at radius 1 is 0.947 bits per heavy atom. The summed E-state index contributed by atoms with van der Waals surface area (Å²) < 4.78 is 10.7. The molecule has 4 rings (SSSR count). The fourth-order valence-electron chi connectivity index (χ4n) is 4.51. The Morgan fingerprint density at radius 2 is 1.68 bits per heavy atom. The molecule has 0 spiro atoms. The van der Waals surface area contributed by atoms with Gasteiger partial charge in [-0.3, -0.25) is 9.59 Å². The second-order valence-corrected chi connectivity index (χ2v) is 9.13. The molecule has 1 N–H and O–H groups in total. The maximum Gasteiger partial charge on any atom is 0.338 e. The second kappa shape index (κ2) is 11.8. The van der Waals surface area contributed by atoms with Crippen LogP contribution in [0.15, 0.2) is 78.4 Å². The van der Waals surface area contributed by atoms with Crippen LogP contribution in [0.3, 0.4) is 0 Å². The van der Waals surface area contributed by atoms with Gasteiger partial charge >= 0.3 is 5.97 Å². The number of ketones is 1. The van der Waals surface area contributed by atoms with Gasteiger partial charge in [0.25, 0.3) is 11.7 Å². The molecule has 0 aromatic heterocycles. The number of amides is 1. The first kappa shape index (κ1) is 26.7. The number of aryl methyl sites for hydroxylation is 1. The van der Waals surface area contributed by atoms with Gasteiger partial charge in [-0.05, 0) is 55.7 Å².